The summed E-state index contributed by atoms with van der Waals surface area (Å²) in [6, 6.07) is 5.42. The smallest absolute Gasteiger partial charge is 0.263 e. The molecule has 3 rings (SSSR count). The second-order valence-corrected chi connectivity index (χ2v) is 7.15. The van der Waals surface area contributed by atoms with E-state index in [2.05, 4.69) is 15.0 Å². The summed E-state index contributed by atoms with van der Waals surface area (Å²) in [5.41, 5.74) is -0.182. The average molecular weight is 339 g/mol. The number of halogens is 2. The Morgan fingerprint density at radius 1 is 1.13 bits per heavy atom. The fourth-order valence-electron chi connectivity index (χ4n) is 2.04. The van der Waals surface area contributed by atoms with Crippen molar-refractivity contribution in [3.63, 3.8) is 0 Å². The quantitative estimate of drug-likeness (QED) is 0.849. The van der Waals surface area contributed by atoms with Crippen LogP contribution in [0.5, 0.6) is 0 Å². The van der Waals surface area contributed by atoms with E-state index in [4.69, 9.17) is 0 Å². The summed E-state index contributed by atoms with van der Waals surface area (Å²) < 4.78 is 52.8. The Bertz CT molecular complexity index is 786. The second kappa shape index (κ2) is 6.11. The number of benzene rings is 1. The van der Waals surface area contributed by atoms with Gasteiger partial charge in [-0.1, -0.05) is 0 Å². The molecule has 1 aliphatic rings. The predicted octanol–water partition coefficient (Wildman–Crippen LogP) is 2.98. The summed E-state index contributed by atoms with van der Waals surface area (Å²) in [6.45, 7) is 0.819. The number of hydrogen-bond acceptors (Lipinski definition) is 4. The van der Waals surface area contributed by atoms with Gasteiger partial charge >= 0.3 is 0 Å². The van der Waals surface area contributed by atoms with Crippen molar-refractivity contribution in [2.24, 2.45) is 5.92 Å². The molecule has 122 valence electrons. The highest BCUT2D eigenvalue weighted by Gasteiger charge is 2.21. The van der Waals surface area contributed by atoms with Crippen LogP contribution in [0.2, 0.25) is 0 Å². The first-order valence-electron chi connectivity index (χ1n) is 7.11. The third kappa shape index (κ3) is 4.16. The summed E-state index contributed by atoms with van der Waals surface area (Å²) in [6.07, 6.45) is 3.61. The van der Waals surface area contributed by atoms with Crippen LogP contribution >= 0.6 is 0 Å². The molecule has 0 unspecified atom stereocenters. The van der Waals surface area contributed by atoms with E-state index >= 15 is 0 Å². The highest BCUT2D eigenvalue weighted by Crippen LogP contribution is 2.28. The number of sulfonamides is 1. The van der Waals surface area contributed by atoms with E-state index in [1.165, 1.54) is 25.1 Å². The highest BCUT2D eigenvalue weighted by atomic mass is 32.2. The van der Waals surface area contributed by atoms with E-state index in [1.807, 2.05) is 0 Å². The van der Waals surface area contributed by atoms with Crippen LogP contribution in [-0.2, 0) is 10.0 Å². The summed E-state index contributed by atoms with van der Waals surface area (Å²) >= 11 is 0. The maximum atomic E-state index is 13.1. The van der Waals surface area contributed by atoms with Crippen molar-refractivity contribution in [3.05, 3.63) is 48.2 Å². The van der Waals surface area contributed by atoms with Gasteiger partial charge < -0.3 is 5.32 Å². The van der Waals surface area contributed by atoms with E-state index in [0.717, 1.165) is 18.7 Å². The van der Waals surface area contributed by atoms with Crippen molar-refractivity contribution in [2.75, 3.05) is 16.6 Å². The lowest BCUT2D eigenvalue weighted by Crippen LogP contribution is -2.14. The molecular weight excluding hydrogens is 324 g/mol. The van der Waals surface area contributed by atoms with E-state index in [9.17, 15) is 17.2 Å². The van der Waals surface area contributed by atoms with Crippen molar-refractivity contribution in [1.82, 2.24) is 4.98 Å². The van der Waals surface area contributed by atoms with Crippen LogP contribution < -0.4 is 10.0 Å². The van der Waals surface area contributed by atoms with Gasteiger partial charge in [-0.2, -0.15) is 0 Å². The summed E-state index contributed by atoms with van der Waals surface area (Å²) in [7, 11) is -3.96. The van der Waals surface area contributed by atoms with Crippen LogP contribution in [0.15, 0.2) is 41.4 Å². The molecule has 0 radical (unpaired) electrons. The Labute approximate surface area is 132 Å². The SMILES string of the molecule is O=S(=O)(Nc1cc(F)cc(F)c1)c1ccc(NCC2CC2)nc1. The molecule has 0 saturated heterocycles. The van der Waals surface area contributed by atoms with Crippen LogP contribution in [0.4, 0.5) is 20.3 Å². The molecule has 1 aliphatic carbocycles. The van der Waals surface area contributed by atoms with Crippen LogP contribution in [0.25, 0.3) is 0 Å². The average Bonchev–Trinajstić information content (AvgIpc) is 3.28. The molecule has 23 heavy (non-hydrogen) atoms. The topological polar surface area (TPSA) is 71.1 Å². The monoisotopic (exact) mass is 339 g/mol. The fourth-order valence-corrected chi connectivity index (χ4v) is 3.03. The lowest BCUT2D eigenvalue weighted by molar-refractivity contribution is 0.584. The van der Waals surface area contributed by atoms with Gasteiger partial charge in [0.25, 0.3) is 10.0 Å². The van der Waals surface area contributed by atoms with Crippen LogP contribution in [0.1, 0.15) is 12.8 Å². The molecule has 1 fully saturated rings. The van der Waals surface area contributed by atoms with E-state index in [-0.39, 0.29) is 10.6 Å². The van der Waals surface area contributed by atoms with Crippen LogP contribution in [0, 0.1) is 17.6 Å². The van der Waals surface area contributed by atoms with Gasteiger partial charge in [-0.3, -0.25) is 4.72 Å². The Balaban J connectivity index is 1.73. The van der Waals surface area contributed by atoms with Gasteiger partial charge in [-0.15, -0.1) is 0 Å². The van der Waals surface area contributed by atoms with Gasteiger partial charge in [0.2, 0.25) is 0 Å². The number of anilines is 2. The first kappa shape index (κ1) is 15.7. The van der Waals surface area contributed by atoms with Crippen molar-refractivity contribution >= 4 is 21.5 Å². The summed E-state index contributed by atoms with van der Waals surface area (Å²) in [5.74, 6) is -0.460. The molecule has 0 amide bonds. The molecule has 0 bridgehead atoms. The van der Waals surface area contributed by atoms with Crippen molar-refractivity contribution in [1.29, 1.82) is 0 Å². The van der Waals surface area contributed by atoms with Crippen molar-refractivity contribution < 1.29 is 17.2 Å². The van der Waals surface area contributed by atoms with Crippen LogP contribution in [-0.4, -0.2) is 19.9 Å². The Morgan fingerprint density at radius 2 is 1.83 bits per heavy atom. The number of nitrogens with zero attached hydrogens (tertiary/aromatic N) is 1. The van der Waals surface area contributed by atoms with Gasteiger partial charge in [0, 0.05) is 18.8 Å². The van der Waals surface area contributed by atoms with Gasteiger partial charge in [0.05, 0.1) is 5.69 Å². The van der Waals surface area contributed by atoms with Gasteiger partial charge in [0.1, 0.15) is 22.3 Å². The minimum atomic E-state index is -3.96. The van der Waals surface area contributed by atoms with Crippen molar-refractivity contribution in [2.45, 2.75) is 17.7 Å². The zero-order valence-corrected chi connectivity index (χ0v) is 12.9. The van der Waals surface area contributed by atoms with E-state index in [0.29, 0.717) is 17.8 Å². The molecule has 2 N–H and O–H groups in total. The molecule has 1 aromatic heterocycles. The van der Waals surface area contributed by atoms with Gasteiger partial charge in [-0.25, -0.2) is 22.2 Å². The fraction of sp³-hybridized carbons (Fsp3) is 0.267. The highest BCUT2D eigenvalue weighted by molar-refractivity contribution is 7.92. The zero-order valence-electron chi connectivity index (χ0n) is 12.1. The van der Waals surface area contributed by atoms with E-state index in [1.54, 1.807) is 6.07 Å². The molecule has 2 aromatic rings. The maximum absolute atomic E-state index is 13.1. The lowest BCUT2D eigenvalue weighted by atomic mass is 10.3. The molecule has 0 aliphatic heterocycles. The molecule has 0 spiro atoms. The number of nitrogens with one attached hydrogen (secondary N) is 2. The standard InChI is InChI=1S/C15H15F2N3O2S/c16-11-5-12(17)7-13(6-11)20-23(21,22)14-3-4-15(19-9-14)18-8-10-1-2-10/h3-7,9-10,20H,1-2,8H2,(H,18,19). The Hall–Kier alpha value is -2.22. The molecule has 5 nitrogen and oxygen atoms in total. The minimum absolute atomic E-state index is 0.0841. The van der Waals surface area contributed by atoms with Crippen molar-refractivity contribution in [3.8, 4) is 0 Å². The summed E-state index contributed by atoms with van der Waals surface area (Å²) in [5, 5.41) is 3.12. The molecule has 1 aromatic carbocycles. The molecular formula is C15H15F2N3O2S. The van der Waals surface area contributed by atoms with Gasteiger partial charge in [-0.05, 0) is 43.0 Å². The predicted molar refractivity (Wildman–Crippen MR) is 82.6 cm³/mol. The third-order valence-corrected chi connectivity index (χ3v) is 4.80. The number of hydrogen-bond donors (Lipinski definition) is 2. The Morgan fingerprint density at radius 3 is 2.39 bits per heavy atom. The first-order chi connectivity index (χ1) is 10.9. The molecule has 1 saturated carbocycles. The zero-order chi connectivity index (χ0) is 16.4. The second-order valence-electron chi connectivity index (χ2n) is 5.47. The number of pyridine rings is 1. The summed E-state index contributed by atoms with van der Waals surface area (Å²) in [4.78, 5) is 3.96. The molecule has 1 heterocycles. The lowest BCUT2D eigenvalue weighted by Gasteiger charge is -2.09. The minimum Gasteiger partial charge on any atom is -0.370 e. The maximum Gasteiger partial charge on any atom is 0.263 e. The van der Waals surface area contributed by atoms with E-state index < -0.39 is 21.7 Å². The number of aromatic nitrogens is 1. The largest absolute Gasteiger partial charge is 0.370 e. The number of rotatable bonds is 6. The Kier molecular flexibility index (Phi) is 4.16. The normalized spacial score (nSPS) is 14.5. The first-order valence-corrected chi connectivity index (χ1v) is 8.59. The van der Waals surface area contributed by atoms with Gasteiger partial charge in [0.15, 0.2) is 0 Å². The third-order valence-electron chi connectivity index (χ3n) is 3.43. The van der Waals surface area contributed by atoms with Crippen LogP contribution in [0.3, 0.4) is 0 Å². The molecule has 8 heteroatoms. The molecule has 0 atom stereocenters.